The molecule has 0 atom stereocenters. The summed E-state index contributed by atoms with van der Waals surface area (Å²) in [6.45, 7) is 3.97. The summed E-state index contributed by atoms with van der Waals surface area (Å²) in [5.74, 6) is -2.25. The molecule has 3 aromatic rings. The number of amides is 4. The maximum Gasteiger partial charge on any atom is 0.320 e. The van der Waals surface area contributed by atoms with Gasteiger partial charge in [-0.05, 0) is 37.1 Å². The van der Waals surface area contributed by atoms with Crippen LogP contribution in [0.3, 0.4) is 0 Å². The zero-order chi connectivity index (χ0) is 27.4. The molecule has 0 bridgehead atoms. The number of halogens is 2. The minimum atomic E-state index is -0.897. The molecule has 0 saturated carbocycles. The maximum absolute atomic E-state index is 13.3. The molecule has 2 aliphatic heterocycles. The van der Waals surface area contributed by atoms with Gasteiger partial charge in [0, 0.05) is 68.4 Å². The summed E-state index contributed by atoms with van der Waals surface area (Å²) < 4.78 is 26.6. The van der Waals surface area contributed by atoms with Gasteiger partial charge in [-0.3, -0.25) is 20.4 Å². The van der Waals surface area contributed by atoms with Crippen LogP contribution in [0.15, 0.2) is 48.0 Å². The minimum absolute atomic E-state index is 0.0437. The third-order valence-corrected chi connectivity index (χ3v) is 7.81. The molecule has 2 aliphatic rings. The zero-order valence-corrected chi connectivity index (χ0v) is 21.8. The second-order valence-electron chi connectivity index (χ2n) is 9.34. The molecule has 5 rings (SSSR count). The molecule has 2 fully saturated rings. The van der Waals surface area contributed by atoms with Crippen LogP contribution in [0, 0.1) is 11.6 Å². The first kappa shape index (κ1) is 26.5. The highest BCUT2D eigenvalue weighted by molar-refractivity contribution is 7.09. The van der Waals surface area contributed by atoms with Crippen molar-refractivity contribution in [1.29, 1.82) is 0 Å². The fourth-order valence-electron chi connectivity index (χ4n) is 4.70. The van der Waals surface area contributed by atoms with Gasteiger partial charge in [-0.1, -0.05) is 6.07 Å². The van der Waals surface area contributed by atoms with Crippen molar-refractivity contribution in [2.24, 2.45) is 0 Å². The second-order valence-corrected chi connectivity index (χ2v) is 10.2. The summed E-state index contributed by atoms with van der Waals surface area (Å²) in [7, 11) is 0. The number of likely N-dealkylation sites (tertiary alicyclic amines) is 1. The lowest BCUT2D eigenvalue weighted by Crippen LogP contribution is -2.54. The highest BCUT2D eigenvalue weighted by Gasteiger charge is 2.30. The molecule has 0 radical (unpaired) electrons. The number of carbonyl (C=O) groups is 3. The third kappa shape index (κ3) is 6.30. The maximum atomic E-state index is 13.3. The fraction of sp³-hybridized carbons (Fsp3) is 0.346. The normalized spacial score (nSPS) is 16.2. The van der Waals surface area contributed by atoms with Gasteiger partial charge in [0.1, 0.15) is 23.1 Å². The van der Waals surface area contributed by atoms with Crippen molar-refractivity contribution in [3.05, 3.63) is 75.9 Å². The van der Waals surface area contributed by atoms with Crippen LogP contribution in [0.1, 0.15) is 44.6 Å². The summed E-state index contributed by atoms with van der Waals surface area (Å²) in [6.07, 6.45) is 3.23. The van der Waals surface area contributed by atoms with E-state index in [9.17, 15) is 23.2 Å². The Balaban J connectivity index is 1.08. The quantitative estimate of drug-likeness (QED) is 0.479. The zero-order valence-electron chi connectivity index (χ0n) is 21.0. The monoisotopic (exact) mass is 555 g/mol. The number of piperidine rings is 1. The van der Waals surface area contributed by atoms with Crippen LogP contribution >= 0.6 is 11.3 Å². The van der Waals surface area contributed by atoms with Gasteiger partial charge in [0.2, 0.25) is 0 Å². The molecule has 1 aromatic carbocycles. The lowest BCUT2D eigenvalue weighted by molar-refractivity contribution is 0.0844. The molecule has 2 aromatic heterocycles. The molecule has 0 aliphatic carbocycles. The van der Waals surface area contributed by atoms with Crippen molar-refractivity contribution in [2.45, 2.75) is 18.8 Å². The van der Waals surface area contributed by atoms with Gasteiger partial charge < -0.3 is 14.7 Å². The van der Waals surface area contributed by atoms with E-state index in [-0.39, 0.29) is 23.2 Å². The van der Waals surface area contributed by atoms with Crippen LogP contribution in [0.5, 0.6) is 0 Å². The predicted octanol–water partition coefficient (Wildman–Crippen LogP) is 3.01. The Morgan fingerprint density at radius 2 is 1.54 bits per heavy atom. The van der Waals surface area contributed by atoms with Crippen molar-refractivity contribution in [3.63, 3.8) is 0 Å². The van der Waals surface area contributed by atoms with E-state index < -0.39 is 23.4 Å². The molecule has 4 heterocycles. The number of nitrogens with zero attached hydrogens (tertiary/aromatic N) is 5. The summed E-state index contributed by atoms with van der Waals surface area (Å²) in [5.41, 5.74) is 4.23. The number of thiazole rings is 1. The first-order chi connectivity index (χ1) is 18.9. The number of pyridine rings is 1. The average Bonchev–Trinajstić information content (AvgIpc) is 3.46. The lowest BCUT2D eigenvalue weighted by atomic mass is 9.98. The summed E-state index contributed by atoms with van der Waals surface area (Å²) in [5, 5.41) is 2.38. The number of carbonyl (C=O) groups excluding carboxylic acids is 3. The van der Waals surface area contributed by atoms with Crippen LogP contribution in [0.4, 0.5) is 19.4 Å². The van der Waals surface area contributed by atoms with Crippen molar-refractivity contribution >= 4 is 35.0 Å². The SMILES string of the molecule is O=C(NNC(=O)c1csc(C2CCN(C(=O)N3CCN(c4ccccn4)CC3)CC2)n1)c1cc(F)cc(F)c1. The number of rotatable bonds is 4. The van der Waals surface area contributed by atoms with E-state index in [2.05, 4.69) is 25.7 Å². The number of anilines is 1. The average molecular weight is 556 g/mol. The van der Waals surface area contributed by atoms with E-state index >= 15 is 0 Å². The highest BCUT2D eigenvalue weighted by Crippen LogP contribution is 2.31. The number of aromatic nitrogens is 2. The Morgan fingerprint density at radius 1 is 0.872 bits per heavy atom. The van der Waals surface area contributed by atoms with Gasteiger partial charge in [-0.25, -0.2) is 23.5 Å². The Morgan fingerprint density at radius 3 is 2.21 bits per heavy atom. The van der Waals surface area contributed by atoms with Gasteiger partial charge in [-0.15, -0.1) is 11.3 Å². The number of benzene rings is 1. The van der Waals surface area contributed by atoms with Crippen molar-refractivity contribution in [1.82, 2.24) is 30.6 Å². The van der Waals surface area contributed by atoms with Crippen molar-refractivity contribution in [3.8, 4) is 0 Å². The van der Waals surface area contributed by atoms with Crippen LogP contribution in [0.25, 0.3) is 0 Å². The van der Waals surface area contributed by atoms with Gasteiger partial charge in [0.05, 0.1) is 5.01 Å². The van der Waals surface area contributed by atoms with Crippen LogP contribution in [-0.4, -0.2) is 76.9 Å². The smallest absolute Gasteiger partial charge is 0.320 e. The largest absolute Gasteiger partial charge is 0.353 e. The van der Waals surface area contributed by atoms with Gasteiger partial charge in [0.25, 0.3) is 11.8 Å². The van der Waals surface area contributed by atoms with Crippen LogP contribution in [0.2, 0.25) is 0 Å². The molecule has 13 heteroatoms. The summed E-state index contributed by atoms with van der Waals surface area (Å²) in [6, 6.07) is 8.24. The number of hydrazine groups is 1. The molecule has 39 heavy (non-hydrogen) atoms. The first-order valence-corrected chi connectivity index (χ1v) is 13.5. The number of piperazine rings is 1. The highest BCUT2D eigenvalue weighted by atomic mass is 32.1. The fourth-order valence-corrected chi connectivity index (χ4v) is 5.67. The minimum Gasteiger partial charge on any atom is -0.353 e. The molecule has 204 valence electrons. The first-order valence-electron chi connectivity index (χ1n) is 12.6. The van der Waals surface area contributed by atoms with Crippen LogP contribution in [-0.2, 0) is 0 Å². The van der Waals surface area contributed by atoms with Gasteiger partial charge >= 0.3 is 6.03 Å². The van der Waals surface area contributed by atoms with E-state index in [0.29, 0.717) is 32.2 Å². The van der Waals surface area contributed by atoms with Crippen molar-refractivity contribution in [2.75, 3.05) is 44.2 Å². The molecule has 0 unspecified atom stereocenters. The second kappa shape index (κ2) is 11.7. The summed E-state index contributed by atoms with van der Waals surface area (Å²) >= 11 is 1.35. The summed E-state index contributed by atoms with van der Waals surface area (Å²) in [4.78, 5) is 52.4. The number of nitrogens with one attached hydrogen (secondary N) is 2. The molecule has 2 saturated heterocycles. The van der Waals surface area contributed by atoms with Crippen molar-refractivity contribution < 1.29 is 23.2 Å². The standard InChI is InChI=1S/C26H27F2N7O3S/c27-19-13-18(14-20(28)15-19)23(36)31-32-24(37)21-16-39-25(30-21)17-4-7-34(8-5-17)26(38)35-11-9-33(10-12-35)22-3-1-2-6-29-22/h1-3,6,13-17H,4-5,7-12H2,(H,31,36)(H,32,37). The van der Waals surface area contributed by atoms with E-state index in [1.807, 2.05) is 28.0 Å². The molecular formula is C26H27F2N7O3S. The van der Waals surface area contributed by atoms with Gasteiger partial charge in [0.15, 0.2) is 0 Å². The Hall–Kier alpha value is -4.13. The van der Waals surface area contributed by atoms with Gasteiger partial charge in [-0.2, -0.15) is 0 Å². The van der Waals surface area contributed by atoms with E-state index in [4.69, 9.17) is 0 Å². The number of hydrogen-bond donors (Lipinski definition) is 2. The molecular weight excluding hydrogens is 528 g/mol. The Bertz CT molecular complexity index is 1320. The topological polar surface area (TPSA) is 111 Å². The van der Waals surface area contributed by atoms with E-state index in [1.165, 1.54) is 11.3 Å². The van der Waals surface area contributed by atoms with E-state index in [1.54, 1.807) is 11.6 Å². The molecule has 2 N–H and O–H groups in total. The van der Waals surface area contributed by atoms with E-state index in [0.717, 1.165) is 48.9 Å². The predicted molar refractivity (Wildman–Crippen MR) is 140 cm³/mol. The Kier molecular flexibility index (Phi) is 7.96. The van der Waals surface area contributed by atoms with Crippen LogP contribution < -0.4 is 15.8 Å². The molecule has 10 nitrogen and oxygen atoms in total. The molecule has 4 amide bonds. The molecule has 0 spiro atoms. The number of hydrogen-bond acceptors (Lipinski definition) is 7. The number of urea groups is 1. The Labute approximate surface area is 227 Å². The lowest BCUT2D eigenvalue weighted by Gasteiger charge is -2.39. The third-order valence-electron chi connectivity index (χ3n) is 6.81.